The predicted octanol–water partition coefficient (Wildman–Crippen LogP) is 13.8. The molecule has 1 aliphatic carbocycles. The molecule has 0 bridgehead atoms. The van der Waals surface area contributed by atoms with Gasteiger partial charge in [0.2, 0.25) is 0 Å². The van der Waals surface area contributed by atoms with Gasteiger partial charge in [0.15, 0.2) is 5.58 Å². The summed E-state index contributed by atoms with van der Waals surface area (Å²) in [6, 6.07) is 63.4. The van der Waals surface area contributed by atoms with Crippen molar-refractivity contribution in [2.75, 3.05) is 4.90 Å². The molecule has 1 aliphatic rings. The Balaban J connectivity index is 1.24. The zero-order valence-corrected chi connectivity index (χ0v) is 28.6. The van der Waals surface area contributed by atoms with Crippen LogP contribution >= 0.6 is 0 Å². The summed E-state index contributed by atoms with van der Waals surface area (Å²) in [7, 11) is 0. The van der Waals surface area contributed by atoms with Gasteiger partial charge in [0, 0.05) is 33.1 Å². The summed E-state index contributed by atoms with van der Waals surface area (Å²) in [5.41, 5.74) is 14.8. The Bertz CT molecular complexity index is 2760. The molecule has 0 amide bonds. The van der Waals surface area contributed by atoms with Gasteiger partial charge in [-0.3, -0.25) is 0 Å². The molecule has 1 aromatic heterocycles. The lowest BCUT2D eigenvalue weighted by Gasteiger charge is -2.27. The molecule has 2 nitrogen and oxygen atoms in total. The van der Waals surface area contributed by atoms with Gasteiger partial charge in [-0.15, -0.1) is 0 Å². The molecule has 0 spiro atoms. The summed E-state index contributed by atoms with van der Waals surface area (Å²) in [6.45, 7) is 4.67. The Morgan fingerprint density at radius 1 is 0.431 bits per heavy atom. The van der Waals surface area contributed by atoms with E-state index >= 15 is 0 Å². The highest BCUT2D eigenvalue weighted by atomic mass is 16.3. The Morgan fingerprint density at radius 3 is 1.86 bits per heavy atom. The van der Waals surface area contributed by atoms with Gasteiger partial charge < -0.3 is 9.32 Å². The van der Waals surface area contributed by atoms with E-state index in [1.54, 1.807) is 0 Å². The van der Waals surface area contributed by atoms with Crippen LogP contribution in [0.15, 0.2) is 180 Å². The molecule has 0 N–H and O–H groups in total. The summed E-state index contributed by atoms with van der Waals surface area (Å²) in [5, 5.41) is 4.64. The van der Waals surface area contributed by atoms with Crippen molar-refractivity contribution < 1.29 is 4.42 Å². The Labute approximate surface area is 297 Å². The van der Waals surface area contributed by atoms with Crippen LogP contribution in [0.1, 0.15) is 25.0 Å². The molecule has 2 heteroatoms. The van der Waals surface area contributed by atoms with E-state index in [1.165, 1.54) is 44.2 Å². The fourth-order valence-corrected chi connectivity index (χ4v) is 8.35. The number of furan rings is 1. The quantitative estimate of drug-likeness (QED) is 0.184. The number of nitrogens with zero attached hydrogens (tertiary/aromatic N) is 1. The number of fused-ring (bicyclic) bond motifs is 8. The largest absolute Gasteiger partial charge is 0.453 e. The van der Waals surface area contributed by atoms with Crippen LogP contribution in [0.3, 0.4) is 0 Å². The maximum absolute atomic E-state index is 7.13. The lowest BCUT2D eigenvalue weighted by molar-refractivity contribution is 0.660. The Kier molecular flexibility index (Phi) is 6.56. The van der Waals surface area contributed by atoms with E-state index in [9.17, 15) is 0 Å². The van der Waals surface area contributed by atoms with Crippen LogP contribution in [0.4, 0.5) is 17.1 Å². The summed E-state index contributed by atoms with van der Waals surface area (Å²) in [4.78, 5) is 2.37. The van der Waals surface area contributed by atoms with Crippen molar-refractivity contribution in [1.82, 2.24) is 0 Å². The first-order valence-corrected chi connectivity index (χ1v) is 17.7. The highest BCUT2D eigenvalue weighted by Gasteiger charge is 2.35. The smallest absolute Gasteiger partial charge is 0.159 e. The van der Waals surface area contributed by atoms with Crippen LogP contribution in [-0.4, -0.2) is 0 Å². The number of anilines is 3. The maximum atomic E-state index is 7.13. The summed E-state index contributed by atoms with van der Waals surface area (Å²) in [6.07, 6.45) is 0. The zero-order chi connectivity index (χ0) is 34.1. The fourth-order valence-electron chi connectivity index (χ4n) is 8.35. The SMILES string of the molecule is CC1(C)c2ccccc2-c2cc(N(c3ccc(-c4ccccc4)cc3)c3cccc4c3oc3c(-c5ccccc5)cc5ccccc5c34)ccc21. The van der Waals surface area contributed by atoms with Gasteiger partial charge in [-0.25, -0.2) is 0 Å². The molecule has 0 saturated carbocycles. The molecule has 9 aromatic rings. The molecule has 0 radical (unpaired) electrons. The highest BCUT2D eigenvalue weighted by Crippen LogP contribution is 2.52. The van der Waals surface area contributed by atoms with Gasteiger partial charge in [0.1, 0.15) is 5.58 Å². The third kappa shape index (κ3) is 4.57. The van der Waals surface area contributed by atoms with Gasteiger partial charge in [-0.05, 0) is 86.1 Å². The van der Waals surface area contributed by atoms with E-state index < -0.39 is 0 Å². The molecule has 1 heterocycles. The van der Waals surface area contributed by atoms with Crippen LogP contribution in [0.25, 0.3) is 66.1 Å². The van der Waals surface area contributed by atoms with Gasteiger partial charge in [0.25, 0.3) is 0 Å². The van der Waals surface area contributed by atoms with Crippen molar-refractivity contribution in [3.05, 3.63) is 187 Å². The molecule has 0 aliphatic heterocycles. The van der Waals surface area contributed by atoms with Crippen LogP contribution < -0.4 is 4.90 Å². The second kappa shape index (κ2) is 11.3. The van der Waals surface area contributed by atoms with Crippen molar-refractivity contribution in [3.8, 4) is 33.4 Å². The number of hydrogen-bond acceptors (Lipinski definition) is 2. The van der Waals surface area contributed by atoms with E-state index in [-0.39, 0.29) is 5.41 Å². The third-order valence-electron chi connectivity index (χ3n) is 10.9. The third-order valence-corrected chi connectivity index (χ3v) is 10.9. The van der Waals surface area contributed by atoms with Crippen LogP contribution in [-0.2, 0) is 5.41 Å². The minimum atomic E-state index is -0.0692. The first kappa shape index (κ1) is 29.5. The topological polar surface area (TPSA) is 16.4 Å². The number of hydrogen-bond donors (Lipinski definition) is 0. The van der Waals surface area contributed by atoms with Crippen LogP contribution in [0.2, 0.25) is 0 Å². The lowest BCUT2D eigenvalue weighted by Crippen LogP contribution is -2.15. The zero-order valence-electron chi connectivity index (χ0n) is 28.6. The molecular weight excluding hydrogens is 619 g/mol. The summed E-state index contributed by atoms with van der Waals surface area (Å²) < 4.78 is 7.13. The molecule has 10 rings (SSSR count). The number of benzene rings is 8. The van der Waals surface area contributed by atoms with Crippen molar-refractivity contribution in [2.45, 2.75) is 19.3 Å². The summed E-state index contributed by atoms with van der Waals surface area (Å²) in [5.74, 6) is 0. The standard InChI is InChI=1S/C49H35NO/c1-49(2)43-22-12-11-20-39(43)42-31-37(28-29-44(42)49)50(36-26-24-33(25-27-36)32-14-5-3-6-15-32)45-23-13-21-40-46-38-19-10-9-18-35(38)30-41(48(46)51-47(40)45)34-16-7-4-8-17-34/h3-31H,1-2H3. The van der Waals surface area contributed by atoms with E-state index in [1.807, 2.05) is 0 Å². The molecule has 51 heavy (non-hydrogen) atoms. The minimum Gasteiger partial charge on any atom is -0.453 e. The average Bonchev–Trinajstić information content (AvgIpc) is 3.69. The second-order valence-electron chi connectivity index (χ2n) is 14.1. The van der Waals surface area contributed by atoms with Crippen LogP contribution in [0.5, 0.6) is 0 Å². The molecule has 0 saturated heterocycles. The molecule has 242 valence electrons. The van der Waals surface area contributed by atoms with Gasteiger partial charge in [0.05, 0.1) is 5.69 Å². The highest BCUT2D eigenvalue weighted by molar-refractivity contribution is 6.24. The molecule has 8 aromatic carbocycles. The number of rotatable bonds is 5. The minimum absolute atomic E-state index is 0.0692. The van der Waals surface area contributed by atoms with Gasteiger partial charge in [-0.1, -0.05) is 153 Å². The molecule has 0 fully saturated rings. The molecule has 0 atom stereocenters. The Morgan fingerprint density at radius 2 is 1.06 bits per heavy atom. The van der Waals surface area contributed by atoms with Crippen molar-refractivity contribution in [3.63, 3.8) is 0 Å². The Hall–Kier alpha value is -6.38. The van der Waals surface area contributed by atoms with Crippen molar-refractivity contribution in [1.29, 1.82) is 0 Å². The predicted molar refractivity (Wildman–Crippen MR) is 214 cm³/mol. The van der Waals surface area contributed by atoms with Gasteiger partial charge >= 0.3 is 0 Å². The van der Waals surface area contributed by atoms with E-state index in [2.05, 4.69) is 195 Å². The van der Waals surface area contributed by atoms with E-state index in [0.29, 0.717) is 0 Å². The first-order valence-electron chi connectivity index (χ1n) is 17.7. The normalized spacial score (nSPS) is 13.1. The maximum Gasteiger partial charge on any atom is 0.159 e. The lowest BCUT2D eigenvalue weighted by atomic mass is 9.82. The average molecular weight is 654 g/mol. The van der Waals surface area contributed by atoms with Gasteiger partial charge in [-0.2, -0.15) is 0 Å². The fraction of sp³-hybridized carbons (Fsp3) is 0.0612. The second-order valence-corrected chi connectivity index (χ2v) is 14.1. The first-order chi connectivity index (χ1) is 25.1. The monoisotopic (exact) mass is 653 g/mol. The number of para-hydroxylation sites is 1. The molecular formula is C49H35NO. The van der Waals surface area contributed by atoms with Crippen molar-refractivity contribution >= 4 is 49.8 Å². The van der Waals surface area contributed by atoms with Crippen LogP contribution in [0, 0.1) is 0 Å². The van der Waals surface area contributed by atoms with E-state index in [0.717, 1.165) is 50.1 Å². The van der Waals surface area contributed by atoms with Crippen molar-refractivity contribution in [2.24, 2.45) is 0 Å². The summed E-state index contributed by atoms with van der Waals surface area (Å²) >= 11 is 0. The van der Waals surface area contributed by atoms with E-state index in [4.69, 9.17) is 4.42 Å². The molecule has 0 unspecified atom stereocenters.